The van der Waals surface area contributed by atoms with Crippen molar-refractivity contribution < 1.29 is 80.5 Å². The number of carbonyl (C=O) groups excluding carboxylic acids is 3. The standard InChI is InChI=1S/C41H50N7O17P3S.3H3N/c1-41(2,20-62-68(59,60)65-67(57,58)61-19-28-35(64-66(54,55)56)34(51)40(63-28)48-22-47-33-37(42)45-21-46-38(33)48)36(52)39(53)44-16-15-29(49)43-17-18-69-30(50)8-4-5-23-9-10-26-12-11-24-6-3-7-25-13-14-27(23)32(26)31(24)25;;;/h3,6-7,9-14,21-22,28,34-36,40,51-52H,4-5,8,15-20H2,1-2H3,(H,43,49)(H,44,53)(H,57,58)(H,59,60)(H2,42,45,46)(H2,54,55,56);3*1H3/t28-,34-,35-,36+,40-;;;/m1.../s1. The maximum atomic E-state index is 12.7. The molecule has 8 atom stereocenters. The lowest BCUT2D eigenvalue weighted by Crippen LogP contribution is -2.46. The Balaban J connectivity index is 0.00000375. The molecule has 72 heavy (non-hydrogen) atoms. The van der Waals surface area contributed by atoms with Crippen LogP contribution in [0.5, 0.6) is 0 Å². The van der Waals surface area contributed by atoms with Crippen molar-refractivity contribution in [2.45, 2.75) is 70.2 Å². The molecule has 0 saturated carbocycles. The van der Waals surface area contributed by atoms with Gasteiger partial charge in [-0.05, 0) is 50.7 Å². The maximum absolute atomic E-state index is 12.7. The Morgan fingerprint density at radius 3 is 2.25 bits per heavy atom. The number of anilines is 1. The van der Waals surface area contributed by atoms with Crippen LogP contribution in [0.3, 0.4) is 0 Å². The van der Waals surface area contributed by atoms with Crippen molar-refractivity contribution in [3.63, 3.8) is 0 Å². The number of amides is 2. The lowest BCUT2D eigenvalue weighted by atomic mass is 9.87. The van der Waals surface area contributed by atoms with Crippen LogP contribution in [0.2, 0.25) is 0 Å². The van der Waals surface area contributed by atoms with E-state index < -0.39 is 84.6 Å². The SMILES string of the molecule is CC(C)(COP(=O)([O-])OP(=O)([O-])OC[C@H]1O[C@@H](n2cnc3c(N)ncnc32)[C@H](O)[C@@H]1OP(=O)([O-])O)[C@@H](O)C(=O)NCCC(=O)NCCSC(=O)CCCc1ccc2ccc3cccc4ccc1c2c34.[NH4+].[NH4+].[NH4+]. The molecule has 396 valence electrons. The summed E-state index contributed by atoms with van der Waals surface area (Å²) in [5.41, 5.74) is 5.29. The maximum Gasteiger partial charge on any atom is 0.274 e. The summed E-state index contributed by atoms with van der Waals surface area (Å²) in [4.78, 5) is 95.6. The zero-order chi connectivity index (χ0) is 49.9. The van der Waals surface area contributed by atoms with Crippen molar-refractivity contribution in [3.05, 3.63) is 72.8 Å². The third-order valence-corrected chi connectivity index (χ3v) is 15.1. The molecule has 1 aliphatic rings. The molecule has 1 aliphatic heterocycles. The fraction of sp³-hybridized carbons (Fsp3) is 0.415. The molecule has 31 heteroatoms. The van der Waals surface area contributed by atoms with Gasteiger partial charge in [0.1, 0.15) is 36.3 Å². The number of hydrogen-bond donors (Lipinski definition) is 9. The predicted molar refractivity (Wildman–Crippen MR) is 261 cm³/mol. The highest BCUT2D eigenvalue weighted by atomic mass is 32.2. The topological polar surface area (TPSA) is 482 Å². The van der Waals surface area contributed by atoms with Crippen molar-refractivity contribution in [1.29, 1.82) is 0 Å². The van der Waals surface area contributed by atoms with E-state index in [2.05, 4.69) is 92.0 Å². The minimum Gasteiger partial charge on any atom is -0.756 e. The average molecular weight is 1090 g/mol. The zero-order valence-electron chi connectivity index (χ0n) is 39.8. The van der Waals surface area contributed by atoms with E-state index in [1.165, 1.54) is 51.7 Å². The van der Waals surface area contributed by atoms with Crippen LogP contribution in [0.15, 0.2) is 67.3 Å². The van der Waals surface area contributed by atoms with Crippen LogP contribution in [0.25, 0.3) is 43.5 Å². The van der Waals surface area contributed by atoms with Crippen molar-refractivity contribution in [2.24, 2.45) is 5.41 Å². The number of nitrogens with zero attached hydrogens (tertiary/aromatic N) is 4. The fourth-order valence-electron chi connectivity index (χ4n) is 7.79. The van der Waals surface area contributed by atoms with Crippen molar-refractivity contribution in [1.82, 2.24) is 48.6 Å². The molecule has 6 aromatic rings. The number of ether oxygens (including phenoxy) is 1. The minimum atomic E-state index is -5.92. The van der Waals surface area contributed by atoms with Crippen LogP contribution in [0.4, 0.5) is 5.82 Å². The number of carbonyl (C=O) groups is 3. The summed E-state index contributed by atoms with van der Waals surface area (Å²) >= 11 is 1.11. The Morgan fingerprint density at radius 2 is 1.56 bits per heavy atom. The lowest BCUT2D eigenvalue weighted by molar-refractivity contribution is -0.247. The number of hydrogen-bond acceptors (Lipinski definition) is 21. The lowest BCUT2D eigenvalue weighted by Gasteiger charge is -2.35. The summed E-state index contributed by atoms with van der Waals surface area (Å²) in [5, 5.41) is 33.7. The van der Waals surface area contributed by atoms with Gasteiger partial charge >= 0.3 is 0 Å². The third-order valence-electron chi connectivity index (χ3n) is 11.2. The summed E-state index contributed by atoms with van der Waals surface area (Å²) in [5.74, 6) is -1.21. The van der Waals surface area contributed by atoms with Crippen LogP contribution in [0, 0.1) is 5.41 Å². The van der Waals surface area contributed by atoms with E-state index >= 15 is 0 Å². The monoisotopic (exact) mass is 1090 g/mol. The molecular weight excluding hydrogens is 1030 g/mol. The first-order chi connectivity index (χ1) is 32.5. The quantitative estimate of drug-likeness (QED) is 0.0253. The van der Waals surface area contributed by atoms with E-state index in [0.717, 1.165) is 35.4 Å². The van der Waals surface area contributed by atoms with Crippen LogP contribution in [0.1, 0.15) is 44.9 Å². The summed E-state index contributed by atoms with van der Waals surface area (Å²) in [6.07, 6.45) is -5.68. The number of fused-ring (bicyclic) bond motifs is 1. The van der Waals surface area contributed by atoms with Crippen molar-refractivity contribution in [3.8, 4) is 0 Å². The molecule has 0 spiro atoms. The molecule has 1 saturated heterocycles. The normalized spacial score (nSPS) is 19.9. The molecule has 4 aromatic carbocycles. The number of quaternary nitrogens is 3. The van der Waals surface area contributed by atoms with E-state index in [9.17, 15) is 57.9 Å². The molecule has 0 aliphatic carbocycles. The molecule has 2 aromatic heterocycles. The van der Waals surface area contributed by atoms with Gasteiger partial charge in [-0.2, -0.15) is 0 Å². The van der Waals surface area contributed by atoms with Crippen LogP contribution >= 0.6 is 35.2 Å². The Bertz CT molecular complexity index is 2990. The van der Waals surface area contributed by atoms with Gasteiger partial charge in [0.15, 0.2) is 22.8 Å². The number of nitrogens with one attached hydrogen (secondary N) is 2. The minimum absolute atomic E-state index is 0. The molecule has 1 fully saturated rings. The number of rotatable bonds is 23. The second-order valence-electron chi connectivity index (χ2n) is 16.7. The largest absolute Gasteiger partial charge is 0.756 e. The van der Waals surface area contributed by atoms with Crippen molar-refractivity contribution in [2.75, 3.05) is 37.8 Å². The number of aliphatic hydroxyl groups is 2. The molecule has 19 N–H and O–H groups in total. The number of benzene rings is 4. The summed E-state index contributed by atoms with van der Waals surface area (Å²) in [6.45, 7) is 0.132. The Labute approximate surface area is 415 Å². The van der Waals surface area contributed by atoms with Crippen LogP contribution in [-0.4, -0.2) is 108 Å². The number of phosphoric acid groups is 3. The number of aliphatic hydroxyl groups excluding tert-OH is 2. The van der Waals surface area contributed by atoms with Gasteiger partial charge in [-0.1, -0.05) is 80.2 Å². The number of imidazole rings is 1. The summed E-state index contributed by atoms with van der Waals surface area (Å²) in [7, 11) is -17.4. The van der Waals surface area contributed by atoms with E-state index in [4.69, 9.17) is 10.5 Å². The molecule has 3 heterocycles. The first kappa shape index (κ1) is 59.9. The van der Waals surface area contributed by atoms with Crippen LogP contribution in [-0.2, 0) is 57.1 Å². The smallest absolute Gasteiger partial charge is 0.274 e. The van der Waals surface area contributed by atoms with Gasteiger partial charge in [0.25, 0.3) is 23.5 Å². The van der Waals surface area contributed by atoms with Gasteiger partial charge in [0.2, 0.25) is 11.8 Å². The summed E-state index contributed by atoms with van der Waals surface area (Å²) < 4.78 is 61.3. The number of nitrogen functional groups attached to an aromatic ring is 1. The molecular formula is C41H59N10O17P3S. The highest BCUT2D eigenvalue weighted by Crippen LogP contribution is 2.56. The van der Waals surface area contributed by atoms with Crippen molar-refractivity contribution >= 4 is 101 Å². The zero-order valence-corrected chi connectivity index (χ0v) is 43.3. The third kappa shape index (κ3) is 14.6. The second-order valence-corrected chi connectivity index (χ2v) is 21.9. The van der Waals surface area contributed by atoms with E-state index in [-0.39, 0.29) is 60.1 Å². The molecule has 2 amide bonds. The highest BCUT2D eigenvalue weighted by molar-refractivity contribution is 8.13. The molecule has 0 bridgehead atoms. The highest BCUT2D eigenvalue weighted by Gasteiger charge is 2.48. The van der Waals surface area contributed by atoms with Gasteiger partial charge in [-0.3, -0.25) is 32.6 Å². The first-order valence-corrected chi connectivity index (χ1v) is 26.6. The van der Waals surface area contributed by atoms with Crippen LogP contribution < -0.4 is 49.5 Å². The Hall–Kier alpha value is -4.64. The first-order valence-electron chi connectivity index (χ1n) is 21.2. The Morgan fingerprint density at radius 1 is 0.903 bits per heavy atom. The second kappa shape index (κ2) is 24.6. The van der Waals surface area contributed by atoms with E-state index in [1.54, 1.807) is 0 Å². The predicted octanol–water partition coefficient (Wildman–Crippen LogP) is 2.82. The number of thioether (sulfide) groups is 1. The van der Waals surface area contributed by atoms with E-state index in [1.807, 2.05) is 6.07 Å². The molecule has 7 rings (SSSR count). The van der Waals surface area contributed by atoms with Gasteiger partial charge in [-0.15, -0.1) is 0 Å². The molecule has 3 unspecified atom stereocenters. The van der Waals surface area contributed by atoms with Gasteiger partial charge in [-0.25, -0.2) is 19.3 Å². The Kier molecular flexibility index (Phi) is 20.5. The average Bonchev–Trinajstić information content (AvgIpc) is 3.85. The van der Waals surface area contributed by atoms with Gasteiger partial charge in [0, 0.05) is 37.1 Å². The number of aromatic nitrogens is 4. The van der Waals surface area contributed by atoms with E-state index in [0.29, 0.717) is 18.6 Å². The van der Waals surface area contributed by atoms with Gasteiger partial charge in [0.05, 0.1) is 19.5 Å². The fourth-order valence-corrected chi connectivity index (χ4v) is 11.3. The molecule has 27 nitrogen and oxygen atoms in total. The number of aryl methyl sites for hydroxylation is 1. The number of nitrogens with two attached hydrogens (primary N) is 1. The number of phosphoric ester groups is 3. The van der Waals surface area contributed by atoms with Gasteiger partial charge < -0.3 is 82.9 Å². The summed E-state index contributed by atoms with van der Waals surface area (Å²) in [6, 6.07) is 19.0. The molecule has 0 radical (unpaired) electrons.